The fourth-order valence-corrected chi connectivity index (χ4v) is 10.9. The number of amides is 13. The number of benzene rings is 2. The Bertz CT molecular complexity index is 3200. The van der Waals surface area contributed by atoms with Crippen LogP contribution in [0.25, 0.3) is 0 Å². The highest BCUT2D eigenvalue weighted by molar-refractivity contribution is 5.99. The molecule has 4 rings (SSSR count). The molecule has 0 saturated carbocycles. The summed E-state index contributed by atoms with van der Waals surface area (Å²) < 4.78 is 0. The smallest absolute Gasteiger partial charge is 0.305 e. The van der Waals surface area contributed by atoms with Gasteiger partial charge in [0.2, 0.25) is 76.8 Å². The number of carbonyl (C=O) groups excluding carboxylic acids is 13. The van der Waals surface area contributed by atoms with E-state index < -0.39 is 169 Å². The van der Waals surface area contributed by atoms with Gasteiger partial charge in [0, 0.05) is 59.4 Å². The lowest BCUT2D eigenvalue weighted by atomic mass is 10.0. The average molecular weight is 1370 g/mol. The lowest BCUT2D eigenvalue weighted by Gasteiger charge is -2.30. The molecule has 0 aliphatic carbocycles. The molecule has 2 heterocycles. The van der Waals surface area contributed by atoms with Crippen LogP contribution in [-0.4, -0.2) is 221 Å². The highest BCUT2D eigenvalue weighted by Gasteiger charge is 2.41. The van der Waals surface area contributed by atoms with Crippen LogP contribution in [0.15, 0.2) is 70.6 Å². The molecule has 22 N–H and O–H groups in total. The summed E-state index contributed by atoms with van der Waals surface area (Å²) in [6.45, 7) is 1.31. The summed E-state index contributed by atoms with van der Waals surface area (Å²) in [6.07, 6.45) is 0.0361. The Labute approximate surface area is 564 Å². The maximum absolute atomic E-state index is 14.5. The highest BCUT2D eigenvalue weighted by atomic mass is 16.4. The quantitative estimate of drug-likeness (QED) is 0.0167. The number of aliphatic imine (C=N–C) groups is 2. The van der Waals surface area contributed by atoms with E-state index in [1.54, 1.807) is 60.7 Å². The Morgan fingerprint density at radius 1 is 0.459 bits per heavy atom. The molecular weight excluding hydrogens is 1280 g/mol. The number of likely N-dealkylation sites (tertiary alicyclic amines) is 2. The van der Waals surface area contributed by atoms with Crippen molar-refractivity contribution >= 4 is 101 Å². The molecular formula is C62H91N19O17. The molecule has 0 radical (unpaired) electrons. The molecule has 0 bridgehead atoms. The molecule has 536 valence electrons. The van der Waals surface area contributed by atoms with E-state index in [0.717, 1.165) is 0 Å². The number of primary amides is 1. The molecule has 36 nitrogen and oxygen atoms in total. The third kappa shape index (κ3) is 28.5. The summed E-state index contributed by atoms with van der Waals surface area (Å²) in [5.41, 5.74) is 28.3. The van der Waals surface area contributed by atoms with Gasteiger partial charge >= 0.3 is 11.9 Å². The van der Waals surface area contributed by atoms with E-state index in [1.807, 2.05) is 0 Å². The Balaban J connectivity index is 1.37. The number of hydrogen-bond donors (Lipinski definition) is 17. The number of guanidine groups is 2. The molecule has 9 atom stereocenters. The van der Waals surface area contributed by atoms with E-state index in [0.29, 0.717) is 24.0 Å². The SMILES string of the molecule is CC(=O)N[C@@H](CCCN=C(N)N)C(=O)NCC(=O)N[C@@H](CC(=O)O)C(=O)N[C@@H](Cc1ccccc1)C(=O)N1CCC[C@H]1C(=O)NCCCC[C@H](NC(=O)[C@@H]1CCCN1C(=O)[C@H](Cc1ccccc1)NC(=O)[C@H](CC(=O)O)NC(=O)CNC(=O)[C@H](CCCN=C(N)N)NC(C)=O)C(N)=O. The van der Waals surface area contributed by atoms with Gasteiger partial charge in [-0.3, -0.25) is 81.9 Å². The Morgan fingerprint density at radius 2 is 0.857 bits per heavy atom. The second kappa shape index (κ2) is 41.1. The predicted octanol–water partition coefficient (Wildman–Crippen LogP) is -6.05. The summed E-state index contributed by atoms with van der Waals surface area (Å²) >= 11 is 0. The second-order valence-electron chi connectivity index (χ2n) is 23.4. The molecule has 2 saturated heterocycles. The zero-order chi connectivity index (χ0) is 72.4. The van der Waals surface area contributed by atoms with Crippen LogP contribution in [0.2, 0.25) is 0 Å². The van der Waals surface area contributed by atoms with Crippen molar-refractivity contribution in [1.29, 1.82) is 0 Å². The van der Waals surface area contributed by atoms with Crippen molar-refractivity contribution in [3.8, 4) is 0 Å². The van der Waals surface area contributed by atoms with Crippen molar-refractivity contribution in [3.63, 3.8) is 0 Å². The zero-order valence-electron chi connectivity index (χ0n) is 54.7. The van der Waals surface area contributed by atoms with Gasteiger partial charge in [-0.2, -0.15) is 0 Å². The van der Waals surface area contributed by atoms with Crippen molar-refractivity contribution in [2.75, 3.05) is 45.8 Å². The summed E-state index contributed by atoms with van der Waals surface area (Å²) in [6, 6.07) is 4.87. The standard InChI is InChI=1S/C62H91N19O17/c1-35(82)73-40(20-11-25-69-61(64)65)53(91)71-33-48(84)75-42(31-50(86)87)55(93)78-44(29-37-15-5-3-6-16-37)59(97)80-27-13-22-46(80)57(95)68-24-10-9-19-39(52(63)90)77-58(96)47-23-14-28-81(47)60(98)45(30-38-17-7-4-8-18-38)79-56(94)43(32-51(88)89)76-49(85)34-72-54(92)41(74-36(2)83)21-12-26-70-62(66)67/h3-8,15-18,39-47H,9-14,19-34H2,1-2H3,(H2,63,90)(H,68,95)(H,71,91)(H,72,92)(H,73,82)(H,74,83)(H,75,84)(H,76,85)(H,77,96)(H,78,93)(H,79,94)(H,86,87)(H,88,89)(H4,64,65,69)(H4,66,67,70)/t39-,40-,41-,42-,43-,44-,45-,46-,47-/m0/s1. The van der Waals surface area contributed by atoms with Gasteiger partial charge in [-0.25, -0.2) is 0 Å². The molecule has 2 fully saturated rings. The number of nitrogens with zero attached hydrogens (tertiary/aromatic N) is 4. The van der Waals surface area contributed by atoms with E-state index in [2.05, 4.69) is 63.2 Å². The van der Waals surface area contributed by atoms with Crippen molar-refractivity contribution < 1.29 is 82.1 Å². The van der Waals surface area contributed by atoms with Crippen LogP contribution in [0.4, 0.5) is 0 Å². The number of rotatable bonds is 41. The summed E-state index contributed by atoms with van der Waals surface area (Å²) in [5, 5.41) is 44.2. The molecule has 2 aliphatic heterocycles. The minimum absolute atomic E-state index is 0.0179. The number of nitrogens with one attached hydrogen (secondary N) is 10. The van der Waals surface area contributed by atoms with Crippen LogP contribution in [0.1, 0.15) is 108 Å². The Morgan fingerprint density at radius 3 is 1.23 bits per heavy atom. The first kappa shape index (κ1) is 79.5. The van der Waals surface area contributed by atoms with E-state index in [-0.39, 0.29) is 115 Å². The van der Waals surface area contributed by atoms with Crippen molar-refractivity contribution in [2.24, 2.45) is 38.7 Å². The molecule has 2 aromatic rings. The first-order valence-electron chi connectivity index (χ1n) is 31.9. The van der Waals surface area contributed by atoms with Crippen molar-refractivity contribution in [3.05, 3.63) is 71.8 Å². The Hall–Kier alpha value is -11.0. The molecule has 0 spiro atoms. The zero-order valence-corrected chi connectivity index (χ0v) is 54.7. The molecule has 13 amide bonds. The highest BCUT2D eigenvalue weighted by Crippen LogP contribution is 2.23. The van der Waals surface area contributed by atoms with E-state index in [1.165, 1.54) is 23.6 Å². The first-order chi connectivity index (χ1) is 46.5. The lowest BCUT2D eigenvalue weighted by Crippen LogP contribution is -2.59. The third-order valence-electron chi connectivity index (χ3n) is 15.5. The third-order valence-corrected chi connectivity index (χ3v) is 15.5. The monoisotopic (exact) mass is 1370 g/mol. The molecule has 0 aromatic heterocycles. The molecule has 98 heavy (non-hydrogen) atoms. The van der Waals surface area contributed by atoms with Crippen LogP contribution >= 0.6 is 0 Å². The summed E-state index contributed by atoms with van der Waals surface area (Å²) in [7, 11) is 0. The average Bonchev–Trinajstić information content (AvgIpc) is 1.61. The van der Waals surface area contributed by atoms with Crippen LogP contribution in [-0.2, 0) is 84.8 Å². The van der Waals surface area contributed by atoms with E-state index in [9.17, 15) is 82.1 Å². The van der Waals surface area contributed by atoms with Crippen LogP contribution < -0.4 is 81.8 Å². The molecule has 0 unspecified atom stereocenters. The van der Waals surface area contributed by atoms with Crippen LogP contribution in [0.3, 0.4) is 0 Å². The van der Waals surface area contributed by atoms with Gasteiger partial charge in [0.05, 0.1) is 25.9 Å². The number of carboxylic acids is 2. The van der Waals surface area contributed by atoms with Gasteiger partial charge < -0.3 is 102 Å². The minimum Gasteiger partial charge on any atom is -0.481 e. The number of carbonyl (C=O) groups is 15. The van der Waals surface area contributed by atoms with Crippen LogP contribution in [0.5, 0.6) is 0 Å². The number of aliphatic carboxylic acids is 2. The summed E-state index contributed by atoms with van der Waals surface area (Å²) in [4.78, 5) is 208. The van der Waals surface area contributed by atoms with Gasteiger partial charge in [-0.1, -0.05) is 60.7 Å². The maximum atomic E-state index is 14.5. The number of unbranched alkanes of at least 4 members (excludes halogenated alkanes) is 1. The van der Waals surface area contributed by atoms with Gasteiger partial charge in [0.15, 0.2) is 11.9 Å². The maximum Gasteiger partial charge on any atom is 0.305 e. The van der Waals surface area contributed by atoms with Gasteiger partial charge in [0.1, 0.15) is 54.4 Å². The van der Waals surface area contributed by atoms with E-state index in [4.69, 9.17) is 28.7 Å². The predicted molar refractivity (Wildman–Crippen MR) is 351 cm³/mol. The second-order valence-corrected chi connectivity index (χ2v) is 23.4. The number of nitrogens with two attached hydrogens (primary N) is 5. The molecule has 36 heteroatoms. The van der Waals surface area contributed by atoms with E-state index >= 15 is 0 Å². The molecule has 2 aromatic carbocycles. The number of carboxylic acid groups (broad SMARTS) is 2. The Kier molecular flexibility index (Phi) is 33.3. The topological polar surface area (TPSA) is 578 Å². The summed E-state index contributed by atoms with van der Waals surface area (Å²) in [5.74, 6) is -13.8. The van der Waals surface area contributed by atoms with Gasteiger partial charge in [-0.15, -0.1) is 0 Å². The fourth-order valence-electron chi connectivity index (χ4n) is 10.9. The fraction of sp³-hybridized carbons (Fsp3) is 0.532. The lowest BCUT2D eigenvalue weighted by molar-refractivity contribution is -0.143. The first-order valence-corrected chi connectivity index (χ1v) is 31.9. The van der Waals surface area contributed by atoms with Gasteiger partial charge in [0.25, 0.3) is 0 Å². The van der Waals surface area contributed by atoms with Crippen LogP contribution in [0, 0.1) is 0 Å². The molecule has 2 aliphatic rings. The van der Waals surface area contributed by atoms with Crippen molar-refractivity contribution in [2.45, 2.75) is 165 Å². The normalized spacial score (nSPS) is 16.0. The largest absolute Gasteiger partial charge is 0.481 e. The minimum atomic E-state index is -1.78. The van der Waals surface area contributed by atoms with Crippen molar-refractivity contribution in [1.82, 2.24) is 63.0 Å². The van der Waals surface area contributed by atoms with Gasteiger partial charge in [-0.05, 0) is 81.8 Å². The number of hydrogen-bond acceptors (Lipinski definition) is 17.